The zero-order chi connectivity index (χ0) is 14.5. The highest BCUT2D eigenvalue weighted by molar-refractivity contribution is 5.23. The number of nitrogens with zero attached hydrogens (tertiary/aromatic N) is 2. The van der Waals surface area contributed by atoms with E-state index in [-0.39, 0.29) is 25.3 Å². The Bertz CT molecular complexity index is 491. The normalized spacial score (nSPS) is 15.7. The van der Waals surface area contributed by atoms with E-state index in [1.165, 1.54) is 25.4 Å². The van der Waals surface area contributed by atoms with Crippen molar-refractivity contribution >= 4 is 5.82 Å². The summed E-state index contributed by atoms with van der Waals surface area (Å²) in [6, 6.07) is 1.34. The molecular formula is C12H18FN3O3. The van der Waals surface area contributed by atoms with Crippen LogP contribution >= 0.6 is 0 Å². The predicted octanol–water partition coefficient (Wildman–Crippen LogP) is 0.637. The molecule has 0 aliphatic heterocycles. The maximum Gasteiger partial charge on any atom is 0.351 e. The summed E-state index contributed by atoms with van der Waals surface area (Å²) >= 11 is 0. The molecule has 1 aromatic rings. The van der Waals surface area contributed by atoms with Crippen LogP contribution in [-0.2, 0) is 4.74 Å². The molecule has 0 aromatic carbocycles. The highest BCUT2D eigenvalue weighted by Crippen LogP contribution is 2.28. The van der Waals surface area contributed by atoms with Crippen molar-refractivity contribution in [3.8, 4) is 0 Å². The fourth-order valence-electron chi connectivity index (χ4n) is 1.77. The van der Waals surface area contributed by atoms with Crippen LogP contribution in [0.2, 0.25) is 0 Å². The number of alkyl halides is 1. The van der Waals surface area contributed by atoms with Gasteiger partial charge in [-0.25, -0.2) is 9.18 Å². The van der Waals surface area contributed by atoms with E-state index in [0.29, 0.717) is 0 Å². The molecule has 3 N–H and O–H groups in total. The monoisotopic (exact) mass is 271 g/mol. The van der Waals surface area contributed by atoms with Crippen LogP contribution in [0.1, 0.15) is 19.1 Å². The Morgan fingerprint density at radius 1 is 1.79 bits per heavy atom. The van der Waals surface area contributed by atoms with E-state index in [2.05, 4.69) is 11.6 Å². The van der Waals surface area contributed by atoms with Crippen molar-refractivity contribution in [3.05, 3.63) is 35.4 Å². The average Bonchev–Trinajstić information content (AvgIpc) is 2.37. The molecule has 0 saturated heterocycles. The Morgan fingerprint density at radius 2 is 2.47 bits per heavy atom. The predicted molar refractivity (Wildman–Crippen MR) is 69.3 cm³/mol. The van der Waals surface area contributed by atoms with Gasteiger partial charge in [0.15, 0.2) is 6.30 Å². The number of hydrogen-bond acceptors (Lipinski definition) is 5. The highest BCUT2D eigenvalue weighted by Gasteiger charge is 2.30. The van der Waals surface area contributed by atoms with Gasteiger partial charge in [0.25, 0.3) is 0 Å². The van der Waals surface area contributed by atoms with E-state index < -0.39 is 17.6 Å². The van der Waals surface area contributed by atoms with E-state index >= 15 is 0 Å². The first-order chi connectivity index (χ1) is 8.98. The molecule has 1 aromatic heterocycles. The van der Waals surface area contributed by atoms with E-state index in [0.717, 1.165) is 4.57 Å². The van der Waals surface area contributed by atoms with Crippen LogP contribution in [0.5, 0.6) is 0 Å². The number of hydrogen-bond donors (Lipinski definition) is 2. The number of rotatable bonds is 7. The minimum atomic E-state index is -1.65. The Kier molecular flexibility index (Phi) is 5.20. The van der Waals surface area contributed by atoms with Crippen LogP contribution in [-0.4, -0.2) is 34.0 Å². The molecule has 1 heterocycles. The first kappa shape index (κ1) is 15.3. The van der Waals surface area contributed by atoms with Gasteiger partial charge in [0.05, 0.1) is 5.60 Å². The lowest BCUT2D eigenvalue weighted by atomic mass is 9.95. The Hall–Kier alpha value is -1.73. The van der Waals surface area contributed by atoms with Crippen molar-refractivity contribution in [2.45, 2.75) is 24.7 Å². The fraction of sp³-hybridized carbons (Fsp3) is 0.500. The zero-order valence-electron chi connectivity index (χ0n) is 10.8. The zero-order valence-corrected chi connectivity index (χ0v) is 10.8. The van der Waals surface area contributed by atoms with Crippen molar-refractivity contribution in [1.82, 2.24) is 9.55 Å². The third-order valence-corrected chi connectivity index (χ3v) is 2.98. The molecule has 1 rings (SSSR count). The van der Waals surface area contributed by atoms with Crippen LogP contribution in [0, 0.1) is 0 Å². The van der Waals surface area contributed by atoms with E-state index in [9.17, 15) is 9.18 Å². The Morgan fingerprint density at radius 3 is 2.95 bits per heavy atom. The molecule has 0 amide bonds. The number of ether oxygens (including phenoxy) is 1. The van der Waals surface area contributed by atoms with Crippen LogP contribution < -0.4 is 11.4 Å². The quantitative estimate of drug-likeness (QED) is 0.710. The number of halogens is 1. The van der Waals surface area contributed by atoms with Crippen molar-refractivity contribution in [2.24, 2.45) is 0 Å². The first-order valence-electron chi connectivity index (χ1n) is 5.76. The van der Waals surface area contributed by atoms with Crippen molar-refractivity contribution in [3.63, 3.8) is 0 Å². The Balaban J connectivity index is 2.96. The second-order valence-electron chi connectivity index (χ2n) is 4.13. The summed E-state index contributed by atoms with van der Waals surface area (Å²) in [5, 5.41) is 8.99. The van der Waals surface area contributed by atoms with Crippen molar-refractivity contribution < 1.29 is 14.2 Å². The van der Waals surface area contributed by atoms with E-state index in [1.807, 2.05) is 0 Å². The first-order valence-corrected chi connectivity index (χ1v) is 5.76. The number of methoxy groups -OCH3 is 1. The van der Waals surface area contributed by atoms with Crippen LogP contribution in [0.25, 0.3) is 0 Å². The van der Waals surface area contributed by atoms with Crippen LogP contribution in [0.4, 0.5) is 10.2 Å². The highest BCUT2D eigenvalue weighted by atomic mass is 19.1. The van der Waals surface area contributed by atoms with Gasteiger partial charge < -0.3 is 15.6 Å². The second kappa shape index (κ2) is 6.44. The lowest BCUT2D eigenvalue weighted by Gasteiger charge is -2.30. The van der Waals surface area contributed by atoms with Gasteiger partial charge in [-0.05, 0) is 6.07 Å². The summed E-state index contributed by atoms with van der Waals surface area (Å²) in [6.07, 6.45) is 1.04. The standard InChI is InChI=1S/C12H18FN3O3/c1-3-12(19-2,5-7-17)8-9(13)16-6-4-10(14)15-11(16)18/h3-4,6,9,17H,1,5,7-8H2,2H3,(H2,14,15,18)/t9?,12-/m1/s1. The maximum absolute atomic E-state index is 14.2. The molecule has 0 spiro atoms. The molecule has 19 heavy (non-hydrogen) atoms. The number of nitrogen functional groups attached to an aromatic ring is 1. The number of aliphatic hydroxyl groups excluding tert-OH is 1. The summed E-state index contributed by atoms with van der Waals surface area (Å²) in [5.74, 6) is 0.0329. The summed E-state index contributed by atoms with van der Waals surface area (Å²) in [7, 11) is 1.40. The lowest BCUT2D eigenvalue weighted by Crippen LogP contribution is -2.35. The van der Waals surface area contributed by atoms with Crippen LogP contribution in [0.15, 0.2) is 29.7 Å². The SMILES string of the molecule is C=C[C@@](CCO)(CC(F)n1ccc(N)nc1=O)OC. The average molecular weight is 271 g/mol. The summed E-state index contributed by atoms with van der Waals surface area (Å²) < 4.78 is 20.2. The largest absolute Gasteiger partial charge is 0.396 e. The molecule has 2 atom stereocenters. The van der Waals surface area contributed by atoms with Gasteiger partial charge >= 0.3 is 5.69 Å². The molecule has 106 valence electrons. The molecule has 1 unspecified atom stereocenters. The molecule has 0 fully saturated rings. The number of anilines is 1. The number of aromatic nitrogens is 2. The smallest absolute Gasteiger partial charge is 0.351 e. The summed E-state index contributed by atoms with van der Waals surface area (Å²) in [5.41, 5.74) is 3.53. The van der Waals surface area contributed by atoms with Gasteiger partial charge in [0, 0.05) is 32.8 Å². The van der Waals surface area contributed by atoms with Gasteiger partial charge in [0.2, 0.25) is 0 Å². The number of nitrogens with two attached hydrogens (primary N) is 1. The van der Waals surface area contributed by atoms with Gasteiger partial charge in [-0.3, -0.25) is 4.57 Å². The van der Waals surface area contributed by atoms with E-state index in [4.69, 9.17) is 15.6 Å². The van der Waals surface area contributed by atoms with Crippen molar-refractivity contribution in [2.75, 3.05) is 19.5 Å². The summed E-state index contributed by atoms with van der Waals surface area (Å²) in [6.45, 7) is 3.40. The molecule has 7 heteroatoms. The molecule has 0 radical (unpaired) electrons. The molecular weight excluding hydrogens is 253 g/mol. The second-order valence-corrected chi connectivity index (χ2v) is 4.13. The third kappa shape index (κ3) is 3.62. The molecule has 0 bridgehead atoms. The third-order valence-electron chi connectivity index (χ3n) is 2.98. The molecule has 0 saturated carbocycles. The van der Waals surface area contributed by atoms with Gasteiger partial charge in [0.1, 0.15) is 5.82 Å². The fourth-order valence-corrected chi connectivity index (χ4v) is 1.77. The Labute approximate surface area is 110 Å². The van der Waals surface area contributed by atoms with Gasteiger partial charge in [-0.15, -0.1) is 6.58 Å². The summed E-state index contributed by atoms with van der Waals surface area (Å²) in [4.78, 5) is 15.0. The van der Waals surface area contributed by atoms with Gasteiger partial charge in [-0.2, -0.15) is 4.98 Å². The number of aliphatic hydroxyl groups is 1. The molecule has 0 aliphatic carbocycles. The van der Waals surface area contributed by atoms with Gasteiger partial charge in [-0.1, -0.05) is 6.08 Å². The minimum absolute atomic E-state index is 0.0329. The minimum Gasteiger partial charge on any atom is -0.396 e. The molecule has 0 aliphatic rings. The maximum atomic E-state index is 14.2. The lowest BCUT2D eigenvalue weighted by molar-refractivity contribution is -0.0232. The van der Waals surface area contributed by atoms with E-state index in [1.54, 1.807) is 0 Å². The van der Waals surface area contributed by atoms with Crippen LogP contribution in [0.3, 0.4) is 0 Å². The topological polar surface area (TPSA) is 90.4 Å². The molecule has 6 nitrogen and oxygen atoms in total. The van der Waals surface area contributed by atoms with Crippen molar-refractivity contribution in [1.29, 1.82) is 0 Å².